The highest BCUT2D eigenvalue weighted by molar-refractivity contribution is 6.03. The first-order chi connectivity index (χ1) is 26.6. The number of aromatic nitrogens is 4. The molecule has 3 aromatic heterocycles. The Balaban J connectivity index is 1.22. The van der Waals surface area contributed by atoms with Crippen LogP contribution in [0.5, 0.6) is 11.9 Å². The minimum atomic E-state index is -0.992. The van der Waals surface area contributed by atoms with Crippen molar-refractivity contribution in [1.29, 1.82) is 0 Å². The second kappa shape index (κ2) is 14.4. The number of halogens is 4. The maximum absolute atomic E-state index is 17.2. The van der Waals surface area contributed by atoms with Gasteiger partial charge in [0.05, 0.1) is 23.9 Å². The summed E-state index contributed by atoms with van der Waals surface area (Å²) in [6.45, 7) is 1.52. The molecule has 6 heterocycles. The molecule has 2 aromatic carbocycles. The first kappa shape index (κ1) is 36.2. The van der Waals surface area contributed by atoms with Crippen molar-refractivity contribution in [2.75, 3.05) is 51.8 Å². The van der Waals surface area contributed by atoms with Crippen molar-refractivity contribution >= 4 is 39.5 Å². The smallest absolute Gasteiger partial charge is 0.319 e. The molecular formula is C41H37F4N7O3. The molecule has 14 heteroatoms. The third-order valence-corrected chi connectivity index (χ3v) is 11.0. The number of likely N-dealkylation sites (N-methyl/N-ethyl adjacent to an activating group) is 1. The van der Waals surface area contributed by atoms with Crippen LogP contribution < -0.4 is 14.4 Å². The van der Waals surface area contributed by atoms with Crippen molar-refractivity contribution in [1.82, 2.24) is 29.7 Å². The van der Waals surface area contributed by atoms with E-state index in [-0.39, 0.29) is 65.1 Å². The first-order valence-corrected chi connectivity index (χ1v) is 18.1. The molecule has 3 saturated heterocycles. The molecule has 5 aromatic rings. The maximum atomic E-state index is 17.2. The SMILES string of the molecule is C#Cc1c(F)ccc2cccc(-c3nc(OC)c4c(N(C)[C@@H]5CCN(C(=O)/C(F)=C/c6ccccn6)C5)nc(OC[C@@]56CCCN5C[C@H](F)C6)nc4c3F)c12. The molecule has 282 valence electrons. The quantitative estimate of drug-likeness (QED) is 0.0949. The zero-order valence-corrected chi connectivity index (χ0v) is 30.2. The van der Waals surface area contributed by atoms with E-state index in [9.17, 15) is 9.18 Å². The predicted octanol–water partition coefficient (Wildman–Crippen LogP) is 6.51. The summed E-state index contributed by atoms with van der Waals surface area (Å²) in [6, 6.07) is 12.3. The first-order valence-electron chi connectivity index (χ1n) is 18.1. The second-order valence-electron chi connectivity index (χ2n) is 14.2. The van der Waals surface area contributed by atoms with E-state index >= 15 is 13.2 Å². The number of hydrogen-bond acceptors (Lipinski definition) is 9. The molecule has 3 fully saturated rings. The van der Waals surface area contributed by atoms with Gasteiger partial charge < -0.3 is 19.3 Å². The van der Waals surface area contributed by atoms with Crippen LogP contribution in [0.25, 0.3) is 39.0 Å². The van der Waals surface area contributed by atoms with Gasteiger partial charge in [0, 0.05) is 62.4 Å². The molecule has 1 amide bonds. The van der Waals surface area contributed by atoms with Gasteiger partial charge in [0.1, 0.15) is 41.0 Å². The van der Waals surface area contributed by atoms with Gasteiger partial charge in [-0.3, -0.25) is 14.7 Å². The van der Waals surface area contributed by atoms with E-state index in [2.05, 4.69) is 25.8 Å². The Morgan fingerprint density at radius 2 is 1.95 bits per heavy atom. The maximum Gasteiger partial charge on any atom is 0.319 e. The van der Waals surface area contributed by atoms with Gasteiger partial charge in [-0.1, -0.05) is 36.3 Å². The van der Waals surface area contributed by atoms with Crippen LogP contribution in [0, 0.1) is 24.0 Å². The number of rotatable bonds is 9. The zero-order chi connectivity index (χ0) is 38.4. The van der Waals surface area contributed by atoms with E-state index in [0.29, 0.717) is 35.9 Å². The molecule has 3 aliphatic heterocycles. The van der Waals surface area contributed by atoms with Gasteiger partial charge in [0.25, 0.3) is 5.91 Å². The van der Waals surface area contributed by atoms with Crippen LogP contribution in [0.2, 0.25) is 0 Å². The second-order valence-corrected chi connectivity index (χ2v) is 14.2. The third-order valence-electron chi connectivity index (χ3n) is 11.0. The lowest BCUT2D eigenvalue weighted by Crippen LogP contribution is -2.43. The Hall–Kier alpha value is -5.81. The summed E-state index contributed by atoms with van der Waals surface area (Å²) < 4.78 is 74.0. The number of methoxy groups -OCH3 is 1. The molecule has 0 spiro atoms. The average molecular weight is 752 g/mol. The predicted molar refractivity (Wildman–Crippen MR) is 200 cm³/mol. The van der Waals surface area contributed by atoms with Crippen LogP contribution in [-0.4, -0.2) is 100 Å². The number of likely N-dealkylation sites (tertiary alicyclic amines) is 1. The number of hydrogen-bond donors (Lipinski definition) is 0. The highest BCUT2D eigenvalue weighted by atomic mass is 19.1. The van der Waals surface area contributed by atoms with Crippen molar-refractivity contribution in [2.24, 2.45) is 0 Å². The topological polar surface area (TPSA) is 96.8 Å². The summed E-state index contributed by atoms with van der Waals surface area (Å²) in [7, 11) is 3.10. The fourth-order valence-corrected chi connectivity index (χ4v) is 8.31. The molecule has 3 aliphatic rings. The number of ether oxygens (including phenoxy) is 2. The van der Waals surface area contributed by atoms with Crippen LogP contribution in [0.15, 0.2) is 60.6 Å². The Labute approximate surface area is 314 Å². The Morgan fingerprint density at radius 3 is 2.73 bits per heavy atom. The molecule has 55 heavy (non-hydrogen) atoms. The lowest BCUT2D eigenvalue weighted by atomic mass is 9.95. The van der Waals surface area contributed by atoms with E-state index in [1.165, 1.54) is 24.3 Å². The number of alkyl halides is 1. The molecule has 0 bridgehead atoms. The van der Waals surface area contributed by atoms with Gasteiger partial charge >= 0.3 is 6.01 Å². The standard InChI is InChI=1S/C41H37F4N7O3/c1-4-28-30(43)13-12-24-9-7-11-29(32(24)28)35-34(45)36-33(38(47-35)54-3)37(49-40(48-36)55-23-41-15-8-17-52(41)21-25(42)20-41)50(2)27-14-18-51(22-27)39(53)31(44)19-26-10-5-6-16-46-26/h1,5-7,9-13,16,19,25,27H,8,14-15,17-18,20-23H2,2-3H3/b31-19-/t25-,27-,41+/m1/s1. The molecule has 0 aliphatic carbocycles. The lowest BCUT2D eigenvalue weighted by molar-refractivity contribution is -0.127. The van der Waals surface area contributed by atoms with E-state index in [1.807, 2.05) is 0 Å². The normalized spacial score (nSPS) is 21.3. The molecule has 3 atom stereocenters. The number of terminal acetylenes is 1. The minimum Gasteiger partial charge on any atom is -0.480 e. The molecule has 0 unspecified atom stereocenters. The molecule has 0 N–H and O–H groups in total. The number of fused-ring (bicyclic) bond motifs is 3. The van der Waals surface area contributed by atoms with Crippen LogP contribution in [0.1, 0.15) is 36.9 Å². The van der Waals surface area contributed by atoms with Crippen molar-refractivity contribution in [3.63, 3.8) is 0 Å². The largest absolute Gasteiger partial charge is 0.480 e. The van der Waals surface area contributed by atoms with E-state index < -0.39 is 41.1 Å². The highest BCUT2D eigenvalue weighted by Crippen LogP contribution is 2.43. The fourth-order valence-electron chi connectivity index (χ4n) is 8.31. The number of benzene rings is 2. The molecule has 8 rings (SSSR count). The Kier molecular flexibility index (Phi) is 9.50. The van der Waals surface area contributed by atoms with Gasteiger partial charge in [-0.2, -0.15) is 9.97 Å². The van der Waals surface area contributed by atoms with E-state index in [1.54, 1.807) is 54.4 Å². The Bertz CT molecular complexity index is 2390. The number of carbonyl (C=O) groups excluding carboxylic acids is 1. The summed E-state index contributed by atoms with van der Waals surface area (Å²) in [4.78, 5) is 36.4. The summed E-state index contributed by atoms with van der Waals surface area (Å²) in [6.07, 6.45) is 9.71. The number of anilines is 1. The van der Waals surface area contributed by atoms with Gasteiger partial charge in [-0.25, -0.2) is 22.5 Å². The van der Waals surface area contributed by atoms with Crippen LogP contribution in [0.3, 0.4) is 0 Å². The van der Waals surface area contributed by atoms with Gasteiger partial charge in [-0.05, 0) is 49.4 Å². The van der Waals surface area contributed by atoms with Gasteiger partial charge in [0.15, 0.2) is 11.6 Å². The summed E-state index contributed by atoms with van der Waals surface area (Å²) in [5.74, 6) is -0.662. The fraction of sp³-hybridized carbons (Fsp3) is 0.341. The summed E-state index contributed by atoms with van der Waals surface area (Å²) >= 11 is 0. The summed E-state index contributed by atoms with van der Waals surface area (Å²) in [5.41, 5.74) is -0.414. The third kappa shape index (κ3) is 6.46. The minimum absolute atomic E-state index is 0.0256. The van der Waals surface area contributed by atoms with Gasteiger partial charge in [-0.15, -0.1) is 6.42 Å². The van der Waals surface area contributed by atoms with Crippen LogP contribution >= 0.6 is 0 Å². The molecule has 10 nitrogen and oxygen atoms in total. The number of amides is 1. The highest BCUT2D eigenvalue weighted by Gasteiger charge is 2.49. The molecule has 0 radical (unpaired) electrons. The molecular weight excluding hydrogens is 714 g/mol. The van der Waals surface area contributed by atoms with E-state index in [4.69, 9.17) is 20.9 Å². The number of pyridine rings is 2. The summed E-state index contributed by atoms with van der Waals surface area (Å²) in [5, 5.41) is 0.996. The van der Waals surface area contributed by atoms with Crippen molar-refractivity contribution < 1.29 is 31.8 Å². The van der Waals surface area contributed by atoms with Crippen LogP contribution in [0.4, 0.5) is 23.4 Å². The van der Waals surface area contributed by atoms with Crippen molar-refractivity contribution in [3.05, 3.63) is 83.4 Å². The molecule has 0 saturated carbocycles. The Morgan fingerprint density at radius 1 is 1.09 bits per heavy atom. The average Bonchev–Trinajstić information content (AvgIpc) is 3.92. The van der Waals surface area contributed by atoms with Crippen LogP contribution in [-0.2, 0) is 4.79 Å². The zero-order valence-electron chi connectivity index (χ0n) is 30.2. The monoisotopic (exact) mass is 751 g/mol. The van der Waals surface area contributed by atoms with E-state index in [0.717, 1.165) is 25.5 Å². The van der Waals surface area contributed by atoms with Crippen molar-refractivity contribution in [3.8, 4) is 35.5 Å². The number of nitrogens with zero attached hydrogens (tertiary/aromatic N) is 7. The van der Waals surface area contributed by atoms with Crippen molar-refractivity contribution in [2.45, 2.75) is 43.4 Å². The van der Waals surface area contributed by atoms with Gasteiger partial charge in [0.2, 0.25) is 5.88 Å². The number of carbonyl (C=O) groups is 1. The lowest BCUT2D eigenvalue weighted by Gasteiger charge is -2.31.